The SMILES string of the molecule is FC(F)(F)C(F)(F)[C@@]1(F)[C@@]2(F)C(F)(F)C(F)(F)C(F)(F)C(F)(F)[C@@]2(F)C(F)(F)[C@@](F)(C(F)(F)F)[C@@]1(F)C(F)(F)F. The van der Waals surface area contributed by atoms with Gasteiger partial charge in [0.05, 0.1) is 0 Å². The number of hydrogen-bond acceptors (Lipinski definition) is 0. The molecular formula is C14F26. The second kappa shape index (κ2) is 7.21. The van der Waals surface area contributed by atoms with Crippen LogP contribution in [0.25, 0.3) is 0 Å². The lowest BCUT2D eigenvalue weighted by Gasteiger charge is -2.68. The number of fused-ring (bicyclic) bond motifs is 1. The zero-order valence-corrected chi connectivity index (χ0v) is 16.8. The van der Waals surface area contributed by atoms with Crippen molar-refractivity contribution in [2.24, 2.45) is 0 Å². The molecule has 0 bridgehead atoms. The summed E-state index contributed by atoms with van der Waals surface area (Å²) < 4.78 is 361. The van der Waals surface area contributed by atoms with Gasteiger partial charge in [-0.25, -0.2) is 22.0 Å². The minimum absolute atomic E-state index is 9.03. The fourth-order valence-electron chi connectivity index (χ4n) is 4.45. The molecule has 0 aromatic rings. The van der Waals surface area contributed by atoms with Crippen LogP contribution in [0.15, 0.2) is 0 Å². The van der Waals surface area contributed by atoms with Gasteiger partial charge in [-0.05, 0) is 0 Å². The van der Waals surface area contributed by atoms with Crippen molar-refractivity contribution in [2.45, 2.75) is 82.4 Å². The van der Waals surface area contributed by atoms with Gasteiger partial charge in [-0.1, -0.05) is 0 Å². The van der Waals surface area contributed by atoms with Crippen LogP contribution in [0.1, 0.15) is 0 Å². The fourth-order valence-corrected chi connectivity index (χ4v) is 4.45. The van der Waals surface area contributed by atoms with E-state index in [0.29, 0.717) is 0 Å². The molecule has 2 aliphatic carbocycles. The smallest absolute Gasteiger partial charge is 0.229 e. The summed E-state index contributed by atoms with van der Waals surface area (Å²) in [7, 11) is 0. The van der Waals surface area contributed by atoms with Gasteiger partial charge in [0.15, 0.2) is 0 Å². The molecule has 0 aromatic carbocycles. The van der Waals surface area contributed by atoms with Crippen LogP contribution in [0.3, 0.4) is 0 Å². The fraction of sp³-hybridized carbons (Fsp3) is 1.00. The van der Waals surface area contributed by atoms with Crippen LogP contribution < -0.4 is 0 Å². The van der Waals surface area contributed by atoms with Crippen LogP contribution in [0, 0.1) is 0 Å². The summed E-state index contributed by atoms with van der Waals surface area (Å²) >= 11 is 0. The number of halogens is 26. The van der Waals surface area contributed by atoms with Gasteiger partial charge in [0.1, 0.15) is 0 Å². The van der Waals surface area contributed by atoms with Crippen LogP contribution in [0.4, 0.5) is 114 Å². The van der Waals surface area contributed by atoms with Gasteiger partial charge in [-0.3, -0.25) is 0 Å². The molecule has 2 aliphatic rings. The number of rotatable bonds is 1. The van der Waals surface area contributed by atoms with Crippen molar-refractivity contribution in [3.63, 3.8) is 0 Å². The number of alkyl halides is 26. The Morgan fingerprint density at radius 1 is 0.275 bits per heavy atom. The highest BCUT2D eigenvalue weighted by molar-refractivity contribution is 5.50. The predicted octanol–water partition coefficient (Wildman–Crippen LogP) is 8.05. The minimum atomic E-state index is -10.5. The second-order valence-electron chi connectivity index (χ2n) is 8.23. The highest BCUT2D eigenvalue weighted by Gasteiger charge is 3.19. The van der Waals surface area contributed by atoms with Crippen LogP contribution in [-0.2, 0) is 0 Å². The highest BCUT2D eigenvalue weighted by Crippen LogP contribution is 2.85. The van der Waals surface area contributed by atoms with Gasteiger partial charge in [0.25, 0.3) is 22.7 Å². The maximum Gasteiger partial charge on any atom is 0.457 e. The molecule has 5 atom stereocenters. The summed E-state index contributed by atoms with van der Waals surface area (Å²) in [6, 6.07) is 0. The first kappa shape index (κ1) is 34.4. The Balaban J connectivity index is 3.71. The Bertz CT molecular complexity index is 1060. The normalized spacial score (nSPS) is 42.8. The predicted molar refractivity (Wildman–Crippen MR) is 67.0 cm³/mol. The third kappa shape index (κ3) is 2.52. The molecule has 0 radical (unpaired) electrons. The molecule has 0 aromatic heterocycles. The number of hydrogen-bond donors (Lipinski definition) is 0. The van der Waals surface area contributed by atoms with E-state index in [1.54, 1.807) is 0 Å². The van der Waals surface area contributed by atoms with E-state index in [4.69, 9.17) is 0 Å². The molecule has 2 rings (SSSR count). The van der Waals surface area contributed by atoms with E-state index in [1.165, 1.54) is 0 Å². The second-order valence-corrected chi connectivity index (χ2v) is 8.23. The van der Waals surface area contributed by atoms with Crippen molar-refractivity contribution >= 4 is 0 Å². The van der Waals surface area contributed by atoms with Gasteiger partial charge in [-0.15, -0.1) is 0 Å². The largest absolute Gasteiger partial charge is 0.457 e. The summed E-state index contributed by atoms with van der Waals surface area (Å²) in [6.07, 6.45) is -27.8. The molecule has 40 heavy (non-hydrogen) atoms. The van der Waals surface area contributed by atoms with E-state index in [2.05, 4.69) is 0 Å². The van der Waals surface area contributed by atoms with Crippen LogP contribution in [0.2, 0.25) is 0 Å². The lowest BCUT2D eigenvalue weighted by atomic mass is 9.44. The Morgan fingerprint density at radius 2 is 0.550 bits per heavy atom. The summed E-state index contributed by atoms with van der Waals surface area (Å²) in [5, 5.41) is 0. The monoisotopic (exact) mass is 662 g/mol. The molecule has 0 unspecified atom stereocenters. The van der Waals surface area contributed by atoms with E-state index >= 15 is 13.2 Å². The van der Waals surface area contributed by atoms with Crippen molar-refractivity contribution in [1.29, 1.82) is 0 Å². The molecule has 0 N–H and O–H groups in total. The van der Waals surface area contributed by atoms with E-state index in [1.807, 2.05) is 0 Å². The van der Waals surface area contributed by atoms with Gasteiger partial charge < -0.3 is 0 Å². The maximum atomic E-state index is 15.3. The zero-order chi connectivity index (χ0) is 33.0. The Labute approximate surface area is 198 Å². The minimum Gasteiger partial charge on any atom is -0.229 e. The van der Waals surface area contributed by atoms with E-state index < -0.39 is 82.4 Å². The molecule has 0 nitrogen and oxygen atoms in total. The lowest BCUT2D eigenvalue weighted by molar-refractivity contribution is -0.573. The van der Waals surface area contributed by atoms with Crippen molar-refractivity contribution in [3.05, 3.63) is 0 Å². The van der Waals surface area contributed by atoms with Crippen molar-refractivity contribution in [2.75, 3.05) is 0 Å². The van der Waals surface area contributed by atoms with Crippen molar-refractivity contribution < 1.29 is 114 Å². The standard InChI is InChI=1S/C14F26/c15-1(9(26,27)14(38,39)40)2(16)4(18,8(24,25)11(30,31)10(28,29)7(2,22)23)6(20,21)5(19,13(35,36)37)3(1,17)12(32,33)34/t1-,2+,3-,4+,5-/m1/s1. The molecule has 0 aliphatic heterocycles. The Kier molecular flexibility index (Phi) is 6.19. The van der Waals surface area contributed by atoms with Crippen molar-refractivity contribution in [1.82, 2.24) is 0 Å². The molecule has 0 saturated heterocycles. The Hall–Kier alpha value is -1.82. The van der Waals surface area contributed by atoms with Crippen molar-refractivity contribution in [3.8, 4) is 0 Å². The van der Waals surface area contributed by atoms with E-state index in [-0.39, 0.29) is 0 Å². The van der Waals surface area contributed by atoms with Gasteiger partial charge >= 0.3 is 59.7 Å². The average molecular weight is 662 g/mol. The molecule has 0 heterocycles. The molecule has 0 amide bonds. The maximum absolute atomic E-state index is 15.3. The molecule has 0 spiro atoms. The first-order valence-electron chi connectivity index (χ1n) is 8.66. The summed E-state index contributed by atoms with van der Waals surface area (Å²) in [5.74, 6) is -57.1. The molecule has 2 fully saturated rings. The first-order valence-corrected chi connectivity index (χ1v) is 8.66. The quantitative estimate of drug-likeness (QED) is 0.250. The lowest BCUT2D eigenvalue weighted by Crippen LogP contribution is -3.04. The molecule has 26 heteroatoms. The highest BCUT2D eigenvalue weighted by atomic mass is 19.4. The zero-order valence-electron chi connectivity index (χ0n) is 16.8. The van der Waals surface area contributed by atoms with Gasteiger partial charge in [0, 0.05) is 0 Å². The van der Waals surface area contributed by atoms with Crippen LogP contribution >= 0.6 is 0 Å². The first-order chi connectivity index (χ1) is 16.8. The van der Waals surface area contributed by atoms with Crippen LogP contribution in [-0.4, -0.2) is 82.4 Å². The third-order valence-corrected chi connectivity index (χ3v) is 6.38. The molecule has 2 saturated carbocycles. The Morgan fingerprint density at radius 3 is 0.800 bits per heavy atom. The summed E-state index contributed by atoms with van der Waals surface area (Å²) in [5.41, 5.74) is -50.9. The molecule has 238 valence electrons. The molecular weight excluding hydrogens is 662 g/mol. The summed E-state index contributed by atoms with van der Waals surface area (Å²) in [6.45, 7) is 0. The average Bonchev–Trinajstić information content (AvgIpc) is 2.70. The van der Waals surface area contributed by atoms with Gasteiger partial charge in [0.2, 0.25) is 0 Å². The van der Waals surface area contributed by atoms with Crippen LogP contribution in [0.5, 0.6) is 0 Å². The van der Waals surface area contributed by atoms with E-state index in [0.717, 1.165) is 0 Å². The van der Waals surface area contributed by atoms with E-state index in [9.17, 15) is 101 Å². The topological polar surface area (TPSA) is 0 Å². The third-order valence-electron chi connectivity index (χ3n) is 6.38. The van der Waals surface area contributed by atoms with Gasteiger partial charge in [-0.2, -0.15) is 92.2 Å². The summed E-state index contributed by atoms with van der Waals surface area (Å²) in [4.78, 5) is 0.